The zero-order valence-electron chi connectivity index (χ0n) is 14.3. The molecule has 0 unspecified atom stereocenters. The van der Waals surface area contributed by atoms with Crippen molar-refractivity contribution in [2.75, 3.05) is 19.6 Å². The van der Waals surface area contributed by atoms with Crippen LogP contribution in [0.1, 0.15) is 37.8 Å². The molecule has 3 atom stereocenters. The largest absolute Gasteiger partial charge is 0.335 e. The molecule has 0 saturated heterocycles. The number of rotatable bonds is 3. The van der Waals surface area contributed by atoms with Crippen molar-refractivity contribution in [3.05, 3.63) is 29.9 Å². The molecule has 0 radical (unpaired) electrons. The number of aromatic nitrogens is 2. The van der Waals surface area contributed by atoms with E-state index in [1.54, 1.807) is 0 Å². The summed E-state index contributed by atoms with van der Waals surface area (Å²) < 4.78 is 2.11. The van der Waals surface area contributed by atoms with Crippen LogP contribution in [-0.4, -0.2) is 50.8 Å². The van der Waals surface area contributed by atoms with Crippen LogP contribution in [0.15, 0.2) is 18.3 Å². The van der Waals surface area contributed by atoms with E-state index in [0.717, 1.165) is 31.0 Å². The van der Waals surface area contributed by atoms with Gasteiger partial charge in [0.05, 0.1) is 18.2 Å². The van der Waals surface area contributed by atoms with Gasteiger partial charge in [-0.3, -0.25) is 9.59 Å². The van der Waals surface area contributed by atoms with Crippen molar-refractivity contribution in [3.63, 3.8) is 0 Å². The molecule has 3 aliphatic rings. The third-order valence-electron chi connectivity index (χ3n) is 5.49. The Bertz CT molecular complexity index is 700. The second-order valence-electron chi connectivity index (χ2n) is 7.26. The second kappa shape index (κ2) is 5.76. The van der Waals surface area contributed by atoms with Crippen LogP contribution >= 0.6 is 0 Å². The number of fused-ring (bicyclic) bond motifs is 1. The standard InChI is InChI=1S/C18H24N4O2/c1-12-9-15(12)18(24)22-8-7-21-11-14(19-17(21)13(22)2)10-16(23)20-5-3-4-6-20/h3-4,11-13,15H,5-10H2,1-2H3/t12-,13-,15-/m1/s1. The highest BCUT2D eigenvalue weighted by Gasteiger charge is 2.44. The molecule has 6 heteroatoms. The lowest BCUT2D eigenvalue weighted by atomic mass is 10.1. The van der Waals surface area contributed by atoms with Crippen LogP contribution in [0, 0.1) is 11.8 Å². The molecular formula is C18H24N4O2. The quantitative estimate of drug-likeness (QED) is 0.788. The maximum atomic E-state index is 12.6. The molecule has 1 aromatic heterocycles. The molecule has 0 spiro atoms. The molecule has 3 heterocycles. The first-order chi connectivity index (χ1) is 11.5. The number of amides is 2. The summed E-state index contributed by atoms with van der Waals surface area (Å²) in [6, 6.07) is -0.0173. The third-order valence-corrected chi connectivity index (χ3v) is 5.49. The van der Waals surface area contributed by atoms with Gasteiger partial charge in [-0.15, -0.1) is 0 Å². The van der Waals surface area contributed by atoms with Gasteiger partial charge in [0.1, 0.15) is 5.82 Å². The van der Waals surface area contributed by atoms with Crippen LogP contribution in [0.4, 0.5) is 0 Å². The zero-order chi connectivity index (χ0) is 16.8. The van der Waals surface area contributed by atoms with E-state index in [9.17, 15) is 9.59 Å². The molecule has 4 rings (SSSR count). The summed E-state index contributed by atoms with van der Waals surface area (Å²) in [5.74, 6) is 2.02. The average Bonchev–Trinajstić information content (AvgIpc) is 2.96. The zero-order valence-corrected chi connectivity index (χ0v) is 14.3. The van der Waals surface area contributed by atoms with Crippen molar-refractivity contribution in [3.8, 4) is 0 Å². The number of hydrogen-bond acceptors (Lipinski definition) is 3. The van der Waals surface area contributed by atoms with Crippen LogP contribution in [0.2, 0.25) is 0 Å². The number of hydrogen-bond donors (Lipinski definition) is 0. The van der Waals surface area contributed by atoms with Crippen molar-refractivity contribution >= 4 is 11.8 Å². The minimum absolute atomic E-state index is 0.0173. The highest BCUT2D eigenvalue weighted by atomic mass is 16.2. The summed E-state index contributed by atoms with van der Waals surface area (Å²) in [4.78, 5) is 33.3. The molecule has 6 nitrogen and oxygen atoms in total. The van der Waals surface area contributed by atoms with Gasteiger partial charge in [-0.1, -0.05) is 19.1 Å². The van der Waals surface area contributed by atoms with Crippen LogP contribution in [-0.2, 0) is 22.6 Å². The molecule has 1 saturated carbocycles. The maximum Gasteiger partial charge on any atom is 0.229 e. The Morgan fingerprint density at radius 3 is 2.58 bits per heavy atom. The lowest BCUT2D eigenvalue weighted by Gasteiger charge is -2.34. The fourth-order valence-corrected chi connectivity index (χ4v) is 3.76. The first-order valence-electron chi connectivity index (χ1n) is 8.84. The van der Waals surface area contributed by atoms with Crippen LogP contribution < -0.4 is 0 Å². The highest BCUT2D eigenvalue weighted by molar-refractivity contribution is 5.82. The van der Waals surface area contributed by atoms with Gasteiger partial charge in [0.25, 0.3) is 0 Å². The van der Waals surface area contributed by atoms with Crippen molar-refractivity contribution < 1.29 is 9.59 Å². The molecule has 0 N–H and O–H groups in total. The van der Waals surface area contributed by atoms with E-state index in [1.807, 2.05) is 35.1 Å². The molecule has 0 aromatic carbocycles. The molecule has 1 fully saturated rings. The van der Waals surface area contributed by atoms with Gasteiger partial charge >= 0.3 is 0 Å². The van der Waals surface area contributed by atoms with E-state index in [4.69, 9.17) is 0 Å². The predicted octanol–water partition coefficient (Wildman–Crippen LogP) is 1.38. The molecular weight excluding hydrogens is 304 g/mol. The van der Waals surface area contributed by atoms with Crippen molar-refractivity contribution in [2.45, 2.75) is 39.3 Å². The summed E-state index contributed by atoms with van der Waals surface area (Å²) in [5.41, 5.74) is 0.808. The van der Waals surface area contributed by atoms with E-state index in [2.05, 4.69) is 16.5 Å². The van der Waals surface area contributed by atoms with Gasteiger partial charge in [-0.2, -0.15) is 0 Å². The Labute approximate surface area is 142 Å². The van der Waals surface area contributed by atoms with Crippen molar-refractivity contribution in [1.82, 2.24) is 19.4 Å². The number of carbonyl (C=O) groups excluding carboxylic acids is 2. The maximum absolute atomic E-state index is 12.6. The molecule has 2 aliphatic heterocycles. The topological polar surface area (TPSA) is 58.4 Å². The normalized spacial score (nSPS) is 28.2. The Morgan fingerprint density at radius 1 is 1.21 bits per heavy atom. The van der Waals surface area contributed by atoms with Crippen LogP contribution in [0.3, 0.4) is 0 Å². The van der Waals surface area contributed by atoms with Gasteiger partial charge in [0.15, 0.2) is 0 Å². The van der Waals surface area contributed by atoms with Gasteiger partial charge in [-0.25, -0.2) is 4.98 Å². The number of imidazole rings is 1. The molecule has 128 valence electrons. The fourth-order valence-electron chi connectivity index (χ4n) is 3.76. The Balaban J connectivity index is 1.46. The van der Waals surface area contributed by atoms with E-state index < -0.39 is 0 Å². The third kappa shape index (κ3) is 2.64. The van der Waals surface area contributed by atoms with E-state index in [-0.39, 0.29) is 23.8 Å². The van der Waals surface area contributed by atoms with Gasteiger partial charge in [0.2, 0.25) is 11.8 Å². The predicted molar refractivity (Wildman–Crippen MR) is 89.1 cm³/mol. The lowest BCUT2D eigenvalue weighted by Crippen LogP contribution is -2.42. The highest BCUT2D eigenvalue weighted by Crippen LogP contribution is 2.41. The summed E-state index contributed by atoms with van der Waals surface area (Å²) in [7, 11) is 0. The molecule has 0 bridgehead atoms. The molecule has 24 heavy (non-hydrogen) atoms. The lowest BCUT2D eigenvalue weighted by molar-refractivity contribution is -0.136. The van der Waals surface area contributed by atoms with Crippen molar-refractivity contribution in [2.24, 2.45) is 11.8 Å². The number of nitrogens with zero attached hydrogens (tertiary/aromatic N) is 4. The minimum Gasteiger partial charge on any atom is -0.335 e. The SMILES string of the molecule is C[C@@H]1C[C@H]1C(=O)N1CCn2cc(CC(=O)N3CC=CC3)nc2[C@H]1C. The monoisotopic (exact) mass is 328 g/mol. The fraction of sp³-hybridized carbons (Fsp3) is 0.611. The Morgan fingerprint density at radius 2 is 1.92 bits per heavy atom. The first kappa shape index (κ1) is 15.4. The van der Waals surface area contributed by atoms with Gasteiger partial charge in [0, 0.05) is 38.3 Å². The van der Waals surface area contributed by atoms with E-state index in [1.165, 1.54) is 0 Å². The number of carbonyl (C=O) groups is 2. The van der Waals surface area contributed by atoms with Crippen LogP contribution in [0.5, 0.6) is 0 Å². The van der Waals surface area contributed by atoms with E-state index >= 15 is 0 Å². The summed E-state index contributed by atoms with van der Waals surface area (Å²) in [5, 5.41) is 0. The smallest absolute Gasteiger partial charge is 0.229 e. The van der Waals surface area contributed by atoms with Crippen LogP contribution in [0.25, 0.3) is 0 Å². The average molecular weight is 328 g/mol. The van der Waals surface area contributed by atoms with Gasteiger partial charge in [-0.05, 0) is 19.3 Å². The first-order valence-corrected chi connectivity index (χ1v) is 8.84. The van der Waals surface area contributed by atoms with Gasteiger partial charge < -0.3 is 14.4 Å². The summed E-state index contributed by atoms with van der Waals surface area (Å²) >= 11 is 0. The second-order valence-corrected chi connectivity index (χ2v) is 7.26. The Kier molecular flexibility index (Phi) is 3.70. The Hall–Kier alpha value is -2.11. The molecule has 1 aromatic rings. The van der Waals surface area contributed by atoms with Crippen molar-refractivity contribution in [1.29, 1.82) is 0 Å². The van der Waals surface area contributed by atoms with E-state index in [0.29, 0.717) is 25.4 Å². The minimum atomic E-state index is -0.0173. The molecule has 2 amide bonds. The molecule has 1 aliphatic carbocycles. The summed E-state index contributed by atoms with van der Waals surface area (Å²) in [6.45, 7) is 7.07. The summed E-state index contributed by atoms with van der Waals surface area (Å²) in [6.07, 6.45) is 7.36.